The maximum atomic E-state index is 12.8. The molecule has 9 nitrogen and oxygen atoms in total. The highest BCUT2D eigenvalue weighted by molar-refractivity contribution is 6.09. The number of hydrogen-bond donors (Lipinski definition) is 1. The van der Waals surface area contributed by atoms with E-state index in [0.717, 1.165) is 17.7 Å². The first-order valence-electron chi connectivity index (χ1n) is 9.95. The Labute approximate surface area is 174 Å². The molecule has 0 bridgehead atoms. The van der Waals surface area contributed by atoms with Crippen LogP contribution in [0.4, 0.5) is 10.5 Å². The van der Waals surface area contributed by atoms with Crippen molar-refractivity contribution >= 4 is 29.5 Å². The number of carbonyl (C=O) groups excluding carboxylic acids is 4. The summed E-state index contributed by atoms with van der Waals surface area (Å²) < 4.78 is 5.22. The van der Waals surface area contributed by atoms with E-state index in [0.29, 0.717) is 18.5 Å². The van der Waals surface area contributed by atoms with Crippen molar-refractivity contribution in [1.29, 1.82) is 5.26 Å². The molecule has 1 saturated heterocycles. The number of amides is 4. The van der Waals surface area contributed by atoms with E-state index in [4.69, 9.17) is 10.00 Å². The minimum absolute atomic E-state index is 0.117. The van der Waals surface area contributed by atoms with Crippen LogP contribution in [0.25, 0.3) is 0 Å². The topological polar surface area (TPSA) is 120 Å². The minimum atomic E-state index is -1.14. The Morgan fingerprint density at radius 2 is 1.93 bits per heavy atom. The number of urea groups is 1. The quantitative estimate of drug-likeness (QED) is 0.538. The molecular weight excluding hydrogens is 388 g/mol. The van der Waals surface area contributed by atoms with E-state index in [2.05, 4.69) is 5.32 Å². The summed E-state index contributed by atoms with van der Waals surface area (Å²) in [4.78, 5) is 52.3. The summed E-state index contributed by atoms with van der Waals surface area (Å²) in [6.07, 6.45) is 1.77. The Morgan fingerprint density at radius 3 is 2.57 bits per heavy atom. The van der Waals surface area contributed by atoms with Crippen LogP contribution in [0.5, 0.6) is 0 Å². The molecule has 0 aromatic heterocycles. The lowest BCUT2D eigenvalue weighted by molar-refractivity contribution is -0.155. The molecular formula is C21H24N4O5. The molecule has 1 N–H and O–H groups in total. The summed E-state index contributed by atoms with van der Waals surface area (Å²) in [7, 11) is 0. The zero-order valence-corrected chi connectivity index (χ0v) is 16.8. The van der Waals surface area contributed by atoms with Gasteiger partial charge >= 0.3 is 12.0 Å². The van der Waals surface area contributed by atoms with Gasteiger partial charge in [0.15, 0.2) is 6.10 Å². The van der Waals surface area contributed by atoms with E-state index in [1.54, 1.807) is 30.3 Å². The van der Waals surface area contributed by atoms with Crippen molar-refractivity contribution in [2.45, 2.75) is 50.7 Å². The summed E-state index contributed by atoms with van der Waals surface area (Å²) in [5.41, 5.74) is -0.321. The van der Waals surface area contributed by atoms with Crippen molar-refractivity contribution < 1.29 is 23.9 Å². The van der Waals surface area contributed by atoms with Gasteiger partial charge < -0.3 is 15.0 Å². The molecule has 4 amide bonds. The first kappa shape index (κ1) is 21.3. The van der Waals surface area contributed by atoms with Gasteiger partial charge in [-0.2, -0.15) is 5.26 Å². The molecule has 2 aliphatic rings. The number of anilines is 1. The van der Waals surface area contributed by atoms with Crippen molar-refractivity contribution in [3.63, 3.8) is 0 Å². The van der Waals surface area contributed by atoms with Gasteiger partial charge in [-0.3, -0.25) is 19.3 Å². The number of nitrogens with zero attached hydrogens (tertiary/aromatic N) is 3. The maximum Gasteiger partial charge on any atom is 0.327 e. The summed E-state index contributed by atoms with van der Waals surface area (Å²) >= 11 is 0. The standard InChI is InChI=1S/C21H24N4O5/c1-15(18(27)24(13-7-12-22)16-8-3-2-4-9-16)30-17(26)14-25-19(28)21(23-20(25)29)10-5-6-11-21/h2-4,8-9,15H,5-7,10-11,13-14H2,1H3,(H,23,29)/t15-/m1/s1. The Balaban J connectivity index is 1.63. The van der Waals surface area contributed by atoms with E-state index in [1.807, 2.05) is 6.07 Å². The lowest BCUT2D eigenvalue weighted by Gasteiger charge is -2.25. The highest BCUT2D eigenvalue weighted by Gasteiger charge is 2.52. The number of rotatable bonds is 7. The van der Waals surface area contributed by atoms with E-state index < -0.39 is 42.0 Å². The number of carbonyl (C=O) groups is 4. The summed E-state index contributed by atoms with van der Waals surface area (Å²) in [6.45, 7) is 1.03. The Kier molecular flexibility index (Phi) is 6.35. The third-order valence-electron chi connectivity index (χ3n) is 5.43. The van der Waals surface area contributed by atoms with E-state index in [1.165, 1.54) is 11.8 Å². The largest absolute Gasteiger partial charge is 0.451 e. The van der Waals surface area contributed by atoms with Gasteiger partial charge in [0.05, 0.1) is 12.5 Å². The highest BCUT2D eigenvalue weighted by Crippen LogP contribution is 2.34. The molecule has 2 fully saturated rings. The number of imide groups is 1. The molecule has 3 rings (SSSR count). The highest BCUT2D eigenvalue weighted by atomic mass is 16.5. The average molecular weight is 412 g/mol. The molecule has 0 unspecified atom stereocenters. The Hall–Kier alpha value is -3.41. The summed E-state index contributed by atoms with van der Waals surface area (Å²) in [5.74, 6) is -1.75. The van der Waals surface area contributed by atoms with Crippen molar-refractivity contribution in [1.82, 2.24) is 10.2 Å². The Morgan fingerprint density at radius 1 is 1.27 bits per heavy atom. The number of nitrogens with one attached hydrogen (secondary N) is 1. The molecule has 158 valence electrons. The number of ether oxygens (including phenoxy) is 1. The third kappa shape index (κ3) is 4.27. The third-order valence-corrected chi connectivity index (χ3v) is 5.43. The number of benzene rings is 1. The molecule has 1 aromatic rings. The van der Waals surface area contributed by atoms with Crippen molar-refractivity contribution in [2.75, 3.05) is 18.0 Å². The van der Waals surface area contributed by atoms with Crippen LogP contribution >= 0.6 is 0 Å². The van der Waals surface area contributed by atoms with Crippen LogP contribution in [0.1, 0.15) is 39.0 Å². The second-order valence-electron chi connectivity index (χ2n) is 7.48. The lowest BCUT2D eigenvalue weighted by Crippen LogP contribution is -2.45. The fourth-order valence-electron chi connectivity index (χ4n) is 3.91. The molecule has 30 heavy (non-hydrogen) atoms. The molecule has 1 saturated carbocycles. The van der Waals surface area contributed by atoms with E-state index in [9.17, 15) is 19.2 Å². The molecule has 9 heteroatoms. The van der Waals surface area contributed by atoms with Gasteiger partial charge in [-0.1, -0.05) is 31.0 Å². The zero-order valence-electron chi connectivity index (χ0n) is 16.8. The van der Waals surface area contributed by atoms with Crippen LogP contribution in [-0.2, 0) is 19.1 Å². The van der Waals surface area contributed by atoms with Gasteiger partial charge in [0, 0.05) is 12.2 Å². The van der Waals surface area contributed by atoms with E-state index in [-0.39, 0.29) is 13.0 Å². The number of esters is 1. The predicted molar refractivity (Wildman–Crippen MR) is 106 cm³/mol. The number of hydrogen-bond acceptors (Lipinski definition) is 6. The second-order valence-corrected chi connectivity index (χ2v) is 7.48. The first-order valence-corrected chi connectivity index (χ1v) is 9.95. The molecule has 0 radical (unpaired) electrons. The monoisotopic (exact) mass is 412 g/mol. The fourth-order valence-corrected chi connectivity index (χ4v) is 3.91. The van der Waals surface area contributed by atoms with Crippen molar-refractivity contribution in [3.8, 4) is 6.07 Å². The van der Waals surface area contributed by atoms with Gasteiger partial charge in [-0.25, -0.2) is 4.79 Å². The molecule has 1 aliphatic heterocycles. The molecule has 1 atom stereocenters. The van der Waals surface area contributed by atoms with Gasteiger partial charge in [0.1, 0.15) is 12.1 Å². The second kappa shape index (κ2) is 8.95. The van der Waals surface area contributed by atoms with Crippen molar-refractivity contribution in [3.05, 3.63) is 30.3 Å². The zero-order chi connectivity index (χ0) is 21.7. The SMILES string of the molecule is C[C@@H](OC(=O)CN1C(=O)NC2(CCCC2)C1=O)C(=O)N(CCC#N)c1ccccc1. The van der Waals surface area contributed by atoms with Gasteiger partial charge in [-0.05, 0) is 31.9 Å². The molecule has 1 aromatic carbocycles. The lowest BCUT2D eigenvalue weighted by atomic mass is 9.98. The van der Waals surface area contributed by atoms with Crippen LogP contribution in [0, 0.1) is 11.3 Å². The maximum absolute atomic E-state index is 12.8. The van der Waals surface area contributed by atoms with Gasteiger partial charge in [0.2, 0.25) is 0 Å². The fraction of sp³-hybridized carbons (Fsp3) is 0.476. The number of para-hydroxylation sites is 1. The predicted octanol–water partition coefficient (Wildman–Crippen LogP) is 1.73. The van der Waals surface area contributed by atoms with Crippen LogP contribution in [-0.4, -0.2) is 53.4 Å². The number of nitriles is 1. The average Bonchev–Trinajstić information content (AvgIpc) is 3.29. The molecule has 1 heterocycles. The van der Waals surface area contributed by atoms with Crippen LogP contribution in [0.2, 0.25) is 0 Å². The molecule has 1 spiro atoms. The van der Waals surface area contributed by atoms with Crippen LogP contribution < -0.4 is 10.2 Å². The molecule has 1 aliphatic carbocycles. The summed E-state index contributed by atoms with van der Waals surface area (Å²) in [6, 6.07) is 10.1. The van der Waals surface area contributed by atoms with Crippen LogP contribution in [0.15, 0.2) is 30.3 Å². The Bertz CT molecular complexity index is 873. The van der Waals surface area contributed by atoms with Gasteiger partial charge in [0.25, 0.3) is 11.8 Å². The summed E-state index contributed by atoms with van der Waals surface area (Å²) in [5, 5.41) is 11.6. The van der Waals surface area contributed by atoms with Crippen LogP contribution in [0.3, 0.4) is 0 Å². The smallest absolute Gasteiger partial charge is 0.327 e. The van der Waals surface area contributed by atoms with Crippen molar-refractivity contribution in [2.24, 2.45) is 0 Å². The van der Waals surface area contributed by atoms with E-state index >= 15 is 0 Å². The van der Waals surface area contributed by atoms with Gasteiger partial charge in [-0.15, -0.1) is 0 Å². The normalized spacial score (nSPS) is 18.1. The first-order chi connectivity index (χ1) is 14.4. The minimum Gasteiger partial charge on any atom is -0.451 e.